The van der Waals surface area contributed by atoms with Crippen LogP contribution in [0.5, 0.6) is 11.6 Å². The first-order valence-corrected chi connectivity index (χ1v) is 12.2. The molecule has 1 aliphatic heterocycles. The zero-order chi connectivity index (χ0) is 22.7. The Morgan fingerprint density at radius 3 is 2.69 bits per heavy atom. The number of carbonyl (C=O) groups excluding carboxylic acids is 1. The summed E-state index contributed by atoms with van der Waals surface area (Å²) in [6, 6.07) is 13.2. The van der Waals surface area contributed by atoms with E-state index in [0.717, 1.165) is 5.56 Å². The third-order valence-electron chi connectivity index (χ3n) is 5.21. The van der Waals surface area contributed by atoms with Gasteiger partial charge in [0, 0.05) is 36.8 Å². The molecule has 0 aliphatic carbocycles. The summed E-state index contributed by atoms with van der Waals surface area (Å²) >= 11 is 5.96. The third kappa shape index (κ3) is 5.00. The lowest BCUT2D eigenvalue weighted by Gasteiger charge is -2.28. The normalized spacial score (nSPS) is 17.1. The molecule has 2 aromatic carbocycles. The van der Waals surface area contributed by atoms with Crippen LogP contribution < -0.4 is 10.1 Å². The quantitative estimate of drug-likeness (QED) is 0.561. The van der Waals surface area contributed by atoms with Gasteiger partial charge in [-0.2, -0.15) is 0 Å². The van der Waals surface area contributed by atoms with Crippen molar-refractivity contribution >= 4 is 27.5 Å². The highest BCUT2D eigenvalue weighted by Gasteiger charge is 2.36. The largest absolute Gasteiger partial charge is 0.437 e. The lowest BCUT2D eigenvalue weighted by Crippen LogP contribution is -2.36. The van der Waals surface area contributed by atoms with Crippen LogP contribution >= 0.6 is 11.6 Å². The number of urea groups is 1. The average molecular weight is 473 g/mol. The topological polar surface area (TPSA) is 101 Å². The van der Waals surface area contributed by atoms with Crippen molar-refractivity contribution in [2.45, 2.75) is 11.3 Å². The molecule has 0 spiro atoms. The van der Waals surface area contributed by atoms with Gasteiger partial charge in [0.05, 0.1) is 12.2 Å². The van der Waals surface area contributed by atoms with Gasteiger partial charge < -0.3 is 15.0 Å². The van der Waals surface area contributed by atoms with Crippen LogP contribution in [0.15, 0.2) is 67.1 Å². The molecule has 2 amide bonds. The van der Waals surface area contributed by atoms with Gasteiger partial charge in [0.2, 0.25) is 5.88 Å². The Labute approximate surface area is 191 Å². The molecule has 1 N–H and O–H groups in total. The van der Waals surface area contributed by atoms with Gasteiger partial charge in [0.25, 0.3) is 0 Å². The smallest absolute Gasteiger partial charge is 0.318 e. The number of aromatic nitrogens is 2. The van der Waals surface area contributed by atoms with Crippen LogP contribution in [0.3, 0.4) is 0 Å². The van der Waals surface area contributed by atoms with Gasteiger partial charge in [-0.3, -0.25) is 4.98 Å². The first kappa shape index (κ1) is 22.0. The highest BCUT2D eigenvalue weighted by molar-refractivity contribution is 7.91. The summed E-state index contributed by atoms with van der Waals surface area (Å²) in [5, 5.41) is 2.44. The Morgan fingerprint density at radius 1 is 1.22 bits per heavy atom. The fourth-order valence-corrected chi connectivity index (χ4v) is 4.84. The van der Waals surface area contributed by atoms with E-state index in [-0.39, 0.29) is 18.6 Å². The number of nitrogens with zero attached hydrogens (tertiary/aromatic N) is 3. The molecule has 166 valence electrons. The number of rotatable bonds is 7. The second kappa shape index (κ2) is 9.13. The lowest BCUT2D eigenvalue weighted by molar-refractivity contribution is 0.204. The highest BCUT2D eigenvalue weighted by atomic mass is 35.5. The second-order valence-corrected chi connectivity index (χ2v) is 10.1. The molecule has 3 aromatic rings. The fourth-order valence-electron chi connectivity index (χ4n) is 3.63. The molecular weight excluding hydrogens is 452 g/mol. The van der Waals surface area contributed by atoms with Gasteiger partial charge in [-0.1, -0.05) is 35.9 Å². The molecule has 1 aromatic heterocycles. The minimum absolute atomic E-state index is 0.00616. The SMILES string of the molecule is CS(=O)(=O)C(CN1C(=O)NC[C@@H]1c1cccc(Oc2cnccn2)c1)c1ccc(Cl)cc1. The zero-order valence-electron chi connectivity index (χ0n) is 17.2. The molecule has 0 saturated carbocycles. The maximum atomic E-state index is 12.6. The van der Waals surface area contributed by atoms with Crippen LogP contribution in [-0.4, -0.2) is 48.7 Å². The number of hydrogen-bond donors (Lipinski definition) is 1. The number of halogens is 1. The number of hydrogen-bond acceptors (Lipinski definition) is 6. The molecule has 10 heteroatoms. The van der Waals surface area contributed by atoms with Gasteiger partial charge in [0.1, 0.15) is 11.0 Å². The van der Waals surface area contributed by atoms with Crippen LogP contribution in [0.1, 0.15) is 22.4 Å². The molecular formula is C22H21ClN4O4S. The summed E-state index contributed by atoms with van der Waals surface area (Å²) in [6.45, 7) is 0.358. The monoisotopic (exact) mass is 472 g/mol. The molecule has 0 radical (unpaired) electrons. The predicted octanol–water partition coefficient (Wildman–Crippen LogP) is 3.77. The van der Waals surface area contributed by atoms with E-state index in [1.54, 1.807) is 41.4 Å². The molecule has 4 rings (SSSR count). The van der Waals surface area contributed by atoms with Crippen LogP contribution in [-0.2, 0) is 9.84 Å². The predicted molar refractivity (Wildman–Crippen MR) is 120 cm³/mol. The Bertz CT molecular complexity index is 1210. The van der Waals surface area contributed by atoms with Gasteiger partial charge in [0.15, 0.2) is 9.84 Å². The second-order valence-electron chi connectivity index (χ2n) is 7.44. The number of carbonyl (C=O) groups is 1. The summed E-state index contributed by atoms with van der Waals surface area (Å²) in [5.74, 6) is 0.890. The number of ether oxygens (including phenoxy) is 1. The number of sulfone groups is 1. The van der Waals surface area contributed by atoms with Crippen molar-refractivity contribution in [3.8, 4) is 11.6 Å². The summed E-state index contributed by atoms with van der Waals surface area (Å²) in [5.41, 5.74) is 1.39. The molecule has 1 unspecified atom stereocenters. The maximum Gasteiger partial charge on any atom is 0.318 e. The zero-order valence-corrected chi connectivity index (χ0v) is 18.8. The molecule has 2 atom stereocenters. The molecule has 32 heavy (non-hydrogen) atoms. The van der Waals surface area contributed by atoms with Crippen molar-refractivity contribution in [3.63, 3.8) is 0 Å². The van der Waals surface area contributed by atoms with Crippen molar-refractivity contribution in [1.82, 2.24) is 20.2 Å². The fraction of sp³-hybridized carbons (Fsp3) is 0.227. The van der Waals surface area contributed by atoms with Crippen molar-refractivity contribution in [2.75, 3.05) is 19.3 Å². The van der Waals surface area contributed by atoms with E-state index in [0.29, 0.717) is 28.8 Å². The van der Waals surface area contributed by atoms with Crippen molar-refractivity contribution in [3.05, 3.63) is 83.3 Å². The van der Waals surface area contributed by atoms with E-state index in [1.165, 1.54) is 18.6 Å². The van der Waals surface area contributed by atoms with Crippen LogP contribution in [0.4, 0.5) is 4.79 Å². The summed E-state index contributed by atoms with van der Waals surface area (Å²) in [4.78, 5) is 22.2. The highest BCUT2D eigenvalue weighted by Crippen LogP contribution is 2.33. The van der Waals surface area contributed by atoms with Crippen molar-refractivity contribution < 1.29 is 17.9 Å². The number of benzene rings is 2. The summed E-state index contributed by atoms with van der Waals surface area (Å²) in [7, 11) is -3.50. The minimum Gasteiger partial charge on any atom is -0.437 e. The first-order chi connectivity index (χ1) is 15.3. The van der Waals surface area contributed by atoms with E-state index in [1.807, 2.05) is 18.2 Å². The lowest BCUT2D eigenvalue weighted by atomic mass is 10.1. The summed E-state index contributed by atoms with van der Waals surface area (Å²) < 4.78 is 30.9. The molecule has 2 heterocycles. The van der Waals surface area contributed by atoms with Gasteiger partial charge in [-0.25, -0.2) is 18.2 Å². The molecule has 8 nitrogen and oxygen atoms in total. The van der Waals surface area contributed by atoms with E-state index in [4.69, 9.17) is 16.3 Å². The third-order valence-corrected chi connectivity index (χ3v) is 6.92. The standard InChI is InChI=1S/C22H21ClN4O4S/c1-32(29,30)20(15-5-7-17(23)8-6-15)14-27-19(12-26-22(27)28)16-3-2-4-18(11-16)31-21-13-24-9-10-25-21/h2-11,13,19-20H,12,14H2,1H3,(H,26,28)/t19-,20?/m1/s1. The molecule has 0 bridgehead atoms. The van der Waals surface area contributed by atoms with Gasteiger partial charge >= 0.3 is 6.03 Å². The number of amides is 2. The Morgan fingerprint density at radius 2 is 2.00 bits per heavy atom. The average Bonchev–Trinajstić information content (AvgIpc) is 3.13. The first-order valence-electron chi connectivity index (χ1n) is 9.84. The number of nitrogens with one attached hydrogen (secondary N) is 1. The Balaban J connectivity index is 1.60. The summed E-state index contributed by atoms with van der Waals surface area (Å²) in [6.07, 6.45) is 5.76. The molecule has 1 aliphatic rings. The van der Waals surface area contributed by atoms with Crippen LogP contribution in [0.2, 0.25) is 5.02 Å². The van der Waals surface area contributed by atoms with Crippen LogP contribution in [0, 0.1) is 0 Å². The van der Waals surface area contributed by atoms with Crippen molar-refractivity contribution in [1.29, 1.82) is 0 Å². The molecule has 1 fully saturated rings. The Kier molecular flexibility index (Phi) is 6.29. The van der Waals surface area contributed by atoms with Gasteiger partial charge in [-0.15, -0.1) is 0 Å². The maximum absolute atomic E-state index is 12.6. The minimum atomic E-state index is -3.50. The Hall–Kier alpha value is -3.17. The van der Waals surface area contributed by atoms with Gasteiger partial charge in [-0.05, 0) is 35.4 Å². The molecule has 1 saturated heterocycles. The van der Waals surface area contributed by atoms with E-state index in [2.05, 4.69) is 15.3 Å². The van der Waals surface area contributed by atoms with E-state index < -0.39 is 15.1 Å². The van der Waals surface area contributed by atoms with Crippen molar-refractivity contribution in [2.24, 2.45) is 0 Å². The van der Waals surface area contributed by atoms with Crippen LogP contribution in [0.25, 0.3) is 0 Å². The van der Waals surface area contributed by atoms with E-state index in [9.17, 15) is 13.2 Å². The van der Waals surface area contributed by atoms with E-state index >= 15 is 0 Å².